The van der Waals surface area contributed by atoms with Gasteiger partial charge >= 0.3 is 0 Å². The molecule has 0 bridgehead atoms. The molecule has 4 rings (SSSR count). The summed E-state index contributed by atoms with van der Waals surface area (Å²) in [6.45, 7) is 13.3. The predicted molar refractivity (Wildman–Crippen MR) is 139 cm³/mol. The number of nitrogens with one attached hydrogen (secondary N) is 1. The number of benzene rings is 2. The Kier molecular flexibility index (Phi) is 7.26. The standard InChI is InChI=1S/C29H37N3/c1-5-32(6-2)19-9-18-30-29-25-10-7-8-11-27(25)31-28-24(16-17-26(28)29)20-22-12-14-23(15-13-22)21(3)4/h7-8,10-15,20-21H,5-6,9,16-19H2,1-4H3,(H,30,31)/b24-20+. The molecular weight excluding hydrogens is 390 g/mol. The van der Waals surface area contributed by atoms with E-state index in [2.05, 4.69) is 92.5 Å². The van der Waals surface area contributed by atoms with E-state index in [1.165, 1.54) is 39.0 Å². The minimum atomic E-state index is 0.562. The summed E-state index contributed by atoms with van der Waals surface area (Å²) in [5.41, 5.74) is 8.96. The summed E-state index contributed by atoms with van der Waals surface area (Å²) >= 11 is 0. The van der Waals surface area contributed by atoms with Crippen LogP contribution in [0.15, 0.2) is 48.5 Å². The fourth-order valence-electron chi connectivity index (χ4n) is 4.72. The molecule has 0 aliphatic heterocycles. The lowest BCUT2D eigenvalue weighted by atomic mass is 10.0. The first-order valence-electron chi connectivity index (χ1n) is 12.3. The molecule has 0 amide bonds. The van der Waals surface area contributed by atoms with Crippen LogP contribution in [0.25, 0.3) is 22.6 Å². The Balaban J connectivity index is 1.62. The number of anilines is 1. The third-order valence-electron chi connectivity index (χ3n) is 6.73. The van der Waals surface area contributed by atoms with Gasteiger partial charge in [0.1, 0.15) is 0 Å². The van der Waals surface area contributed by atoms with Gasteiger partial charge in [0.25, 0.3) is 0 Å². The van der Waals surface area contributed by atoms with Crippen molar-refractivity contribution in [1.29, 1.82) is 0 Å². The van der Waals surface area contributed by atoms with Crippen LogP contribution >= 0.6 is 0 Å². The van der Waals surface area contributed by atoms with E-state index < -0.39 is 0 Å². The van der Waals surface area contributed by atoms with E-state index in [0.29, 0.717) is 5.92 Å². The first-order chi connectivity index (χ1) is 15.6. The molecule has 1 aromatic heterocycles. The number of pyridine rings is 1. The molecule has 3 aromatic rings. The van der Waals surface area contributed by atoms with Gasteiger partial charge < -0.3 is 10.2 Å². The van der Waals surface area contributed by atoms with Crippen LogP contribution in [0.4, 0.5) is 5.69 Å². The molecule has 32 heavy (non-hydrogen) atoms. The second-order valence-corrected chi connectivity index (χ2v) is 9.13. The average Bonchev–Trinajstić information content (AvgIpc) is 3.21. The highest BCUT2D eigenvalue weighted by Crippen LogP contribution is 2.40. The lowest BCUT2D eigenvalue weighted by Crippen LogP contribution is -2.25. The van der Waals surface area contributed by atoms with Crippen LogP contribution in [-0.2, 0) is 6.42 Å². The Hall–Kier alpha value is -2.65. The minimum absolute atomic E-state index is 0.562. The zero-order valence-corrected chi connectivity index (χ0v) is 20.1. The fraction of sp³-hybridized carbons (Fsp3) is 0.414. The number of hydrogen-bond acceptors (Lipinski definition) is 3. The normalized spacial score (nSPS) is 14.6. The summed E-state index contributed by atoms with van der Waals surface area (Å²) < 4.78 is 0. The van der Waals surface area contributed by atoms with Gasteiger partial charge in [0.05, 0.1) is 11.2 Å². The van der Waals surface area contributed by atoms with Gasteiger partial charge in [-0.05, 0) is 73.7 Å². The van der Waals surface area contributed by atoms with Gasteiger partial charge in [0, 0.05) is 23.2 Å². The summed E-state index contributed by atoms with van der Waals surface area (Å²) in [5, 5.41) is 5.05. The molecule has 0 saturated carbocycles. The van der Waals surface area contributed by atoms with E-state index in [0.717, 1.165) is 51.0 Å². The molecule has 0 saturated heterocycles. The number of aromatic nitrogens is 1. The second-order valence-electron chi connectivity index (χ2n) is 9.13. The molecule has 0 atom stereocenters. The highest BCUT2D eigenvalue weighted by Gasteiger charge is 2.23. The molecule has 3 nitrogen and oxygen atoms in total. The summed E-state index contributed by atoms with van der Waals surface area (Å²) in [7, 11) is 0. The van der Waals surface area contributed by atoms with E-state index >= 15 is 0 Å². The Labute approximate surface area is 193 Å². The van der Waals surface area contributed by atoms with Crippen LogP contribution in [-0.4, -0.2) is 36.1 Å². The van der Waals surface area contributed by atoms with Crippen molar-refractivity contribution in [3.63, 3.8) is 0 Å². The van der Waals surface area contributed by atoms with Crippen molar-refractivity contribution in [2.24, 2.45) is 0 Å². The molecule has 1 aliphatic carbocycles. The third kappa shape index (κ3) is 4.88. The van der Waals surface area contributed by atoms with Crippen LogP contribution in [0.3, 0.4) is 0 Å². The summed E-state index contributed by atoms with van der Waals surface area (Å²) in [5.74, 6) is 0.562. The molecule has 2 aromatic carbocycles. The number of fused-ring (bicyclic) bond motifs is 2. The number of allylic oxidation sites excluding steroid dienone is 1. The molecule has 1 N–H and O–H groups in total. The van der Waals surface area contributed by atoms with Crippen molar-refractivity contribution >= 4 is 28.2 Å². The Morgan fingerprint density at radius 2 is 1.75 bits per heavy atom. The van der Waals surface area contributed by atoms with Gasteiger partial charge in [-0.1, -0.05) is 70.2 Å². The lowest BCUT2D eigenvalue weighted by Gasteiger charge is -2.19. The molecule has 1 aliphatic rings. The smallest absolute Gasteiger partial charge is 0.0730 e. The Morgan fingerprint density at radius 3 is 2.47 bits per heavy atom. The topological polar surface area (TPSA) is 28.2 Å². The largest absolute Gasteiger partial charge is 0.384 e. The maximum absolute atomic E-state index is 5.11. The van der Waals surface area contributed by atoms with Crippen LogP contribution < -0.4 is 5.32 Å². The minimum Gasteiger partial charge on any atom is -0.384 e. The van der Waals surface area contributed by atoms with Gasteiger partial charge in [-0.3, -0.25) is 0 Å². The van der Waals surface area contributed by atoms with E-state index in [9.17, 15) is 0 Å². The predicted octanol–water partition coefficient (Wildman–Crippen LogP) is 6.99. The monoisotopic (exact) mass is 427 g/mol. The van der Waals surface area contributed by atoms with Crippen LogP contribution in [0.2, 0.25) is 0 Å². The van der Waals surface area contributed by atoms with Crippen molar-refractivity contribution in [2.45, 2.75) is 52.9 Å². The average molecular weight is 428 g/mol. The molecular formula is C29H37N3. The highest BCUT2D eigenvalue weighted by molar-refractivity contribution is 5.98. The number of hydrogen-bond donors (Lipinski definition) is 1. The first-order valence-corrected chi connectivity index (χ1v) is 12.3. The van der Waals surface area contributed by atoms with Crippen molar-refractivity contribution in [3.8, 4) is 0 Å². The zero-order chi connectivity index (χ0) is 22.5. The number of nitrogens with zero attached hydrogens (tertiary/aromatic N) is 2. The molecule has 168 valence electrons. The molecule has 0 spiro atoms. The summed E-state index contributed by atoms with van der Waals surface area (Å²) in [6.07, 6.45) is 5.60. The van der Waals surface area contributed by atoms with Gasteiger partial charge in [0.2, 0.25) is 0 Å². The number of para-hydroxylation sites is 1. The molecule has 0 fully saturated rings. The maximum atomic E-state index is 5.11. The SMILES string of the molecule is CCN(CC)CCCNc1c2c(nc3ccccc13)/C(=C/c1ccc(C(C)C)cc1)CC2. The molecule has 1 heterocycles. The first kappa shape index (κ1) is 22.5. The van der Waals surface area contributed by atoms with Gasteiger partial charge in [0.15, 0.2) is 0 Å². The third-order valence-corrected chi connectivity index (χ3v) is 6.73. The fourth-order valence-corrected chi connectivity index (χ4v) is 4.72. The van der Waals surface area contributed by atoms with Gasteiger partial charge in [-0.15, -0.1) is 0 Å². The van der Waals surface area contributed by atoms with Gasteiger partial charge in [-0.25, -0.2) is 4.98 Å². The molecule has 0 unspecified atom stereocenters. The van der Waals surface area contributed by atoms with Crippen LogP contribution in [0.5, 0.6) is 0 Å². The zero-order valence-electron chi connectivity index (χ0n) is 20.1. The lowest BCUT2D eigenvalue weighted by molar-refractivity contribution is 0.303. The maximum Gasteiger partial charge on any atom is 0.0730 e. The van der Waals surface area contributed by atoms with E-state index in [1.807, 2.05) is 0 Å². The Bertz CT molecular complexity index is 1080. The van der Waals surface area contributed by atoms with E-state index in [4.69, 9.17) is 4.98 Å². The van der Waals surface area contributed by atoms with Crippen LogP contribution in [0, 0.1) is 0 Å². The van der Waals surface area contributed by atoms with Crippen LogP contribution in [0.1, 0.15) is 68.8 Å². The second kappa shape index (κ2) is 10.3. The molecule has 3 heteroatoms. The summed E-state index contributed by atoms with van der Waals surface area (Å²) in [6, 6.07) is 17.6. The van der Waals surface area contributed by atoms with E-state index in [1.54, 1.807) is 0 Å². The Morgan fingerprint density at radius 1 is 1.00 bits per heavy atom. The quantitative estimate of drug-likeness (QED) is 0.373. The van der Waals surface area contributed by atoms with Gasteiger partial charge in [-0.2, -0.15) is 0 Å². The van der Waals surface area contributed by atoms with Crippen molar-refractivity contribution in [2.75, 3.05) is 31.5 Å². The number of rotatable bonds is 9. The van der Waals surface area contributed by atoms with Crippen molar-refractivity contribution < 1.29 is 0 Å². The summed E-state index contributed by atoms with van der Waals surface area (Å²) in [4.78, 5) is 7.59. The van der Waals surface area contributed by atoms with Crippen molar-refractivity contribution in [3.05, 3.63) is 70.9 Å². The highest BCUT2D eigenvalue weighted by atomic mass is 15.1. The molecule has 0 radical (unpaired) electrons. The van der Waals surface area contributed by atoms with Crippen molar-refractivity contribution in [1.82, 2.24) is 9.88 Å². The van der Waals surface area contributed by atoms with E-state index in [-0.39, 0.29) is 0 Å².